The van der Waals surface area contributed by atoms with Crippen LogP contribution in [0, 0.1) is 17.3 Å². The molecule has 2 saturated carbocycles. The summed E-state index contributed by atoms with van der Waals surface area (Å²) in [6.07, 6.45) is 7.60. The van der Waals surface area contributed by atoms with Gasteiger partial charge in [-0.3, -0.25) is 0 Å². The van der Waals surface area contributed by atoms with Gasteiger partial charge in [-0.05, 0) is 113 Å². The van der Waals surface area contributed by atoms with E-state index < -0.39 is 0 Å². The molecule has 4 heteroatoms. The molecule has 160 valence electrons. The van der Waals surface area contributed by atoms with E-state index in [2.05, 4.69) is 86.6 Å². The molecule has 2 aromatic rings. The van der Waals surface area contributed by atoms with Gasteiger partial charge in [-0.1, -0.05) is 41.1 Å². The lowest BCUT2D eigenvalue weighted by Crippen LogP contribution is -2.55. The summed E-state index contributed by atoms with van der Waals surface area (Å²) in [5, 5.41) is 3.96. The SMILES string of the molecule is COc1ccc2c(c1)CC[C@@H]1[C@@H]2CC[C@]2(C)[C@@H](Nc3ccccc3Br)C[C@@H](Br)C[C@@H]12. The van der Waals surface area contributed by atoms with E-state index in [4.69, 9.17) is 4.74 Å². The summed E-state index contributed by atoms with van der Waals surface area (Å²) in [7, 11) is 1.77. The fourth-order valence-electron chi connectivity index (χ4n) is 6.80. The fraction of sp³-hybridized carbons (Fsp3) is 0.538. The molecule has 5 rings (SSSR count). The van der Waals surface area contributed by atoms with E-state index in [0.717, 1.165) is 22.1 Å². The molecule has 1 N–H and O–H groups in total. The lowest BCUT2D eigenvalue weighted by atomic mass is 9.49. The molecule has 0 radical (unpaired) electrons. The van der Waals surface area contributed by atoms with E-state index in [1.165, 1.54) is 49.8 Å². The molecule has 0 aromatic heterocycles. The summed E-state index contributed by atoms with van der Waals surface area (Å²) in [6.45, 7) is 2.57. The standard InChI is InChI=1S/C26H31Br2NO/c1-26-12-11-20-19-10-8-18(30-2)13-16(19)7-9-21(20)22(26)14-17(27)15-25(26)29-24-6-4-3-5-23(24)28/h3-6,8,10,13,17,20-22,25,29H,7,9,11-12,14-15H2,1-2H3/t17-,20+,21+,22-,25-,26-/m0/s1. The van der Waals surface area contributed by atoms with Gasteiger partial charge < -0.3 is 10.1 Å². The second-order valence-electron chi connectivity index (χ2n) is 9.77. The first kappa shape index (κ1) is 20.9. The van der Waals surface area contributed by atoms with Gasteiger partial charge in [0.05, 0.1) is 7.11 Å². The van der Waals surface area contributed by atoms with Crippen molar-refractivity contribution >= 4 is 37.5 Å². The van der Waals surface area contributed by atoms with Crippen molar-refractivity contribution in [2.45, 2.75) is 62.2 Å². The van der Waals surface area contributed by atoms with Crippen LogP contribution >= 0.6 is 31.9 Å². The van der Waals surface area contributed by atoms with Crippen LogP contribution in [0.25, 0.3) is 0 Å². The molecule has 6 atom stereocenters. The highest BCUT2D eigenvalue weighted by Crippen LogP contribution is 2.60. The lowest BCUT2D eigenvalue weighted by molar-refractivity contribution is -0.0110. The number of hydrogen-bond acceptors (Lipinski definition) is 2. The zero-order valence-electron chi connectivity index (χ0n) is 17.8. The molecule has 2 aromatic carbocycles. The fourth-order valence-corrected chi connectivity index (χ4v) is 7.97. The van der Waals surface area contributed by atoms with E-state index in [0.29, 0.717) is 22.2 Å². The quantitative estimate of drug-likeness (QED) is 0.412. The third-order valence-electron chi connectivity index (χ3n) is 8.37. The van der Waals surface area contributed by atoms with Crippen LogP contribution < -0.4 is 10.1 Å². The number of methoxy groups -OCH3 is 1. The number of benzene rings is 2. The molecule has 30 heavy (non-hydrogen) atoms. The van der Waals surface area contributed by atoms with Gasteiger partial charge >= 0.3 is 0 Å². The van der Waals surface area contributed by atoms with Gasteiger partial charge in [0, 0.05) is 21.0 Å². The number of aryl methyl sites for hydroxylation is 1. The number of para-hydroxylation sites is 1. The maximum absolute atomic E-state index is 5.49. The average Bonchev–Trinajstić information content (AvgIpc) is 2.75. The van der Waals surface area contributed by atoms with Crippen LogP contribution in [0.15, 0.2) is 46.9 Å². The van der Waals surface area contributed by atoms with Crippen molar-refractivity contribution in [1.82, 2.24) is 0 Å². The molecule has 0 spiro atoms. The topological polar surface area (TPSA) is 21.3 Å². The summed E-state index contributed by atoms with van der Waals surface area (Å²) in [4.78, 5) is 0.589. The molecule has 3 aliphatic rings. The maximum atomic E-state index is 5.49. The molecular formula is C26H31Br2NO. The van der Waals surface area contributed by atoms with E-state index in [1.807, 2.05) is 0 Å². The van der Waals surface area contributed by atoms with Crippen LogP contribution in [0.4, 0.5) is 5.69 Å². The average molecular weight is 533 g/mol. The van der Waals surface area contributed by atoms with Crippen LogP contribution in [0.1, 0.15) is 56.1 Å². The monoisotopic (exact) mass is 531 g/mol. The van der Waals surface area contributed by atoms with E-state index >= 15 is 0 Å². The Labute approximate surface area is 197 Å². The minimum atomic E-state index is 0.338. The van der Waals surface area contributed by atoms with Gasteiger partial charge in [-0.15, -0.1) is 0 Å². The number of ether oxygens (including phenoxy) is 1. The van der Waals surface area contributed by atoms with Crippen LogP contribution in [0.5, 0.6) is 5.75 Å². The minimum absolute atomic E-state index is 0.338. The summed E-state index contributed by atoms with van der Waals surface area (Å²) in [5.41, 5.74) is 4.69. The predicted molar refractivity (Wildman–Crippen MR) is 132 cm³/mol. The Hall–Kier alpha value is -1.000. The van der Waals surface area contributed by atoms with Gasteiger partial charge in [0.25, 0.3) is 0 Å². The van der Waals surface area contributed by atoms with Gasteiger partial charge in [0.1, 0.15) is 5.75 Å². The lowest BCUT2D eigenvalue weighted by Gasteiger charge is -2.58. The Morgan fingerprint density at radius 2 is 1.93 bits per heavy atom. The Bertz CT molecular complexity index is 931. The summed E-state index contributed by atoms with van der Waals surface area (Å²) in [5.74, 6) is 3.25. The highest BCUT2D eigenvalue weighted by Gasteiger charge is 2.54. The third kappa shape index (κ3) is 3.52. The molecule has 0 aliphatic heterocycles. The summed E-state index contributed by atoms with van der Waals surface area (Å²) >= 11 is 7.79. The van der Waals surface area contributed by atoms with E-state index in [1.54, 1.807) is 12.7 Å². The zero-order chi connectivity index (χ0) is 20.9. The van der Waals surface area contributed by atoms with Crippen LogP contribution in [0.3, 0.4) is 0 Å². The molecular weight excluding hydrogens is 502 g/mol. The van der Waals surface area contributed by atoms with E-state index in [9.17, 15) is 0 Å². The molecule has 2 nitrogen and oxygen atoms in total. The van der Waals surface area contributed by atoms with Crippen LogP contribution in [-0.4, -0.2) is 18.0 Å². The Kier molecular flexibility index (Phi) is 5.68. The van der Waals surface area contributed by atoms with Gasteiger partial charge in [-0.25, -0.2) is 0 Å². The number of fused-ring (bicyclic) bond motifs is 5. The summed E-state index contributed by atoms with van der Waals surface area (Å²) < 4.78 is 6.66. The van der Waals surface area contributed by atoms with Crippen molar-refractivity contribution in [2.75, 3.05) is 12.4 Å². The Morgan fingerprint density at radius 1 is 1.10 bits per heavy atom. The number of hydrogen-bond donors (Lipinski definition) is 1. The molecule has 0 amide bonds. The van der Waals surface area contributed by atoms with Crippen LogP contribution in [0.2, 0.25) is 0 Å². The third-order valence-corrected chi connectivity index (χ3v) is 9.81. The van der Waals surface area contributed by atoms with Gasteiger partial charge in [0.15, 0.2) is 0 Å². The number of anilines is 1. The number of alkyl halides is 1. The molecule has 0 heterocycles. The Balaban J connectivity index is 1.45. The molecule has 0 unspecified atom stereocenters. The van der Waals surface area contributed by atoms with E-state index in [-0.39, 0.29) is 0 Å². The van der Waals surface area contributed by atoms with Gasteiger partial charge in [-0.2, -0.15) is 0 Å². The predicted octanol–water partition coefficient (Wildman–Crippen LogP) is 7.56. The van der Waals surface area contributed by atoms with Crippen LogP contribution in [-0.2, 0) is 6.42 Å². The molecule has 2 fully saturated rings. The van der Waals surface area contributed by atoms with Crippen molar-refractivity contribution < 1.29 is 4.74 Å². The molecule has 0 bridgehead atoms. The molecule has 3 aliphatic carbocycles. The summed E-state index contributed by atoms with van der Waals surface area (Å²) in [6, 6.07) is 15.9. The number of halogens is 2. The van der Waals surface area contributed by atoms with Gasteiger partial charge in [0.2, 0.25) is 0 Å². The smallest absolute Gasteiger partial charge is 0.119 e. The first-order valence-electron chi connectivity index (χ1n) is 11.3. The first-order valence-corrected chi connectivity index (χ1v) is 13.0. The minimum Gasteiger partial charge on any atom is -0.497 e. The normalized spacial score (nSPS) is 35.0. The number of nitrogens with one attached hydrogen (secondary N) is 1. The van der Waals surface area contributed by atoms with Crippen molar-refractivity contribution in [1.29, 1.82) is 0 Å². The van der Waals surface area contributed by atoms with Crippen molar-refractivity contribution in [2.24, 2.45) is 17.3 Å². The van der Waals surface area contributed by atoms with Crippen molar-refractivity contribution in [3.63, 3.8) is 0 Å². The zero-order valence-corrected chi connectivity index (χ0v) is 21.0. The number of rotatable bonds is 3. The van der Waals surface area contributed by atoms with Crippen molar-refractivity contribution in [3.05, 3.63) is 58.1 Å². The molecule has 0 saturated heterocycles. The first-order chi connectivity index (χ1) is 14.5. The second-order valence-corrected chi connectivity index (χ2v) is 11.9. The second kappa shape index (κ2) is 8.16. The highest BCUT2D eigenvalue weighted by atomic mass is 79.9. The largest absolute Gasteiger partial charge is 0.497 e. The Morgan fingerprint density at radius 3 is 2.73 bits per heavy atom. The highest BCUT2D eigenvalue weighted by molar-refractivity contribution is 9.10. The maximum Gasteiger partial charge on any atom is 0.119 e. The van der Waals surface area contributed by atoms with Crippen molar-refractivity contribution in [3.8, 4) is 5.75 Å².